The van der Waals surface area contributed by atoms with Gasteiger partial charge in [0, 0.05) is 55.2 Å². The first-order chi connectivity index (χ1) is 21.2. The number of ether oxygens (including phenoxy) is 1. The Kier molecular flexibility index (Phi) is 9.09. The number of anilines is 1. The van der Waals surface area contributed by atoms with Gasteiger partial charge < -0.3 is 14.5 Å². The molecule has 1 fully saturated rings. The van der Waals surface area contributed by atoms with Crippen molar-refractivity contribution in [2.45, 2.75) is 18.0 Å². The van der Waals surface area contributed by atoms with Crippen LogP contribution in [-0.4, -0.2) is 59.4 Å². The van der Waals surface area contributed by atoms with Gasteiger partial charge in [-0.25, -0.2) is 4.98 Å². The van der Waals surface area contributed by atoms with E-state index < -0.39 is 0 Å². The molecule has 0 atom stereocenters. The molecule has 1 amide bonds. The fraction of sp³-hybridized carbons (Fsp3) is 0.222. The Labute approximate surface area is 257 Å². The lowest BCUT2D eigenvalue weighted by Crippen LogP contribution is -2.48. The smallest absolute Gasteiger partial charge is 0.222 e. The van der Waals surface area contributed by atoms with Crippen molar-refractivity contribution in [2.75, 3.05) is 43.9 Å². The lowest BCUT2D eigenvalue weighted by atomic mass is 10.0. The summed E-state index contributed by atoms with van der Waals surface area (Å²) in [6.45, 7) is 3.06. The van der Waals surface area contributed by atoms with E-state index in [0.717, 1.165) is 83.1 Å². The molecule has 218 valence electrons. The second kappa shape index (κ2) is 13.7. The molecule has 0 aliphatic carbocycles. The summed E-state index contributed by atoms with van der Waals surface area (Å²) < 4.78 is 7.80. The summed E-state index contributed by atoms with van der Waals surface area (Å²) in [5, 5.41) is 0.932. The zero-order chi connectivity index (χ0) is 29.4. The predicted molar refractivity (Wildman–Crippen MR) is 176 cm³/mol. The van der Waals surface area contributed by atoms with E-state index in [0.29, 0.717) is 6.42 Å². The Morgan fingerprint density at radius 3 is 2.05 bits per heavy atom. The minimum atomic E-state index is 0.224. The van der Waals surface area contributed by atoms with E-state index in [4.69, 9.17) is 9.72 Å². The molecule has 6 nitrogen and oxygen atoms in total. The van der Waals surface area contributed by atoms with Crippen molar-refractivity contribution in [2.24, 2.45) is 0 Å². The molecule has 1 aliphatic rings. The van der Waals surface area contributed by atoms with E-state index in [1.165, 1.54) is 0 Å². The van der Waals surface area contributed by atoms with Crippen LogP contribution in [0.3, 0.4) is 0 Å². The average Bonchev–Trinajstić information content (AvgIpc) is 3.47. The van der Waals surface area contributed by atoms with Crippen LogP contribution in [0.5, 0.6) is 5.75 Å². The van der Waals surface area contributed by atoms with Gasteiger partial charge >= 0.3 is 0 Å². The van der Waals surface area contributed by atoms with Gasteiger partial charge in [0.05, 0.1) is 24.2 Å². The minimum Gasteiger partial charge on any atom is -0.495 e. The lowest BCUT2D eigenvalue weighted by Gasteiger charge is -2.36. The summed E-state index contributed by atoms with van der Waals surface area (Å²) in [4.78, 5) is 22.7. The number of carbonyl (C=O) groups is 1. The fourth-order valence-corrected chi connectivity index (χ4v) is 6.56. The number of hydrogen-bond donors (Lipinski definition) is 0. The maximum atomic E-state index is 13.1. The Morgan fingerprint density at radius 1 is 0.767 bits per heavy atom. The molecule has 0 spiro atoms. The van der Waals surface area contributed by atoms with Gasteiger partial charge in [-0.15, -0.1) is 0 Å². The van der Waals surface area contributed by atoms with Gasteiger partial charge in [-0.3, -0.25) is 9.36 Å². The SMILES string of the molecule is COc1ccccc1N1CCN(C(=O)CCCSc2nc(-c3ccccc3)c(-c3ccccc3)n2-c2ccccc2)CC1. The zero-order valence-electron chi connectivity index (χ0n) is 24.4. The molecule has 1 aliphatic heterocycles. The molecule has 43 heavy (non-hydrogen) atoms. The third-order valence-electron chi connectivity index (χ3n) is 7.78. The number of nitrogens with zero attached hydrogens (tertiary/aromatic N) is 4. The second-order valence-electron chi connectivity index (χ2n) is 10.5. The van der Waals surface area contributed by atoms with Crippen LogP contribution in [-0.2, 0) is 4.79 Å². The van der Waals surface area contributed by atoms with Crippen LogP contribution in [0.1, 0.15) is 12.8 Å². The number of para-hydroxylation sites is 3. The molecule has 0 N–H and O–H groups in total. The molecule has 6 rings (SSSR count). The maximum absolute atomic E-state index is 13.1. The number of imidazole rings is 1. The molecular formula is C36H36N4O2S. The van der Waals surface area contributed by atoms with Crippen LogP contribution >= 0.6 is 11.8 Å². The first-order valence-corrected chi connectivity index (χ1v) is 15.8. The van der Waals surface area contributed by atoms with E-state index in [-0.39, 0.29) is 5.91 Å². The van der Waals surface area contributed by atoms with Crippen molar-refractivity contribution < 1.29 is 9.53 Å². The number of hydrogen-bond acceptors (Lipinski definition) is 5. The van der Waals surface area contributed by atoms with E-state index in [9.17, 15) is 4.79 Å². The number of carbonyl (C=O) groups excluding carboxylic acids is 1. The first-order valence-electron chi connectivity index (χ1n) is 14.8. The number of methoxy groups -OCH3 is 1. The highest BCUT2D eigenvalue weighted by molar-refractivity contribution is 7.99. The van der Waals surface area contributed by atoms with Crippen molar-refractivity contribution in [3.63, 3.8) is 0 Å². The van der Waals surface area contributed by atoms with E-state index in [1.807, 2.05) is 41.3 Å². The van der Waals surface area contributed by atoms with Gasteiger partial charge in [0.25, 0.3) is 0 Å². The number of thioether (sulfide) groups is 1. The third-order valence-corrected chi connectivity index (χ3v) is 8.80. The van der Waals surface area contributed by atoms with Crippen molar-refractivity contribution in [3.8, 4) is 34.0 Å². The number of benzene rings is 4. The fourth-order valence-electron chi connectivity index (χ4n) is 5.61. The van der Waals surface area contributed by atoms with E-state index in [2.05, 4.69) is 88.3 Å². The molecule has 0 radical (unpaired) electrons. The summed E-state index contributed by atoms with van der Waals surface area (Å²) in [5.74, 6) is 1.90. The molecule has 0 unspecified atom stereocenters. The highest BCUT2D eigenvalue weighted by Gasteiger charge is 2.24. The molecule has 5 aromatic rings. The molecule has 0 saturated carbocycles. The van der Waals surface area contributed by atoms with Crippen LogP contribution in [0.15, 0.2) is 120 Å². The molecule has 1 aromatic heterocycles. The average molecular weight is 589 g/mol. The summed E-state index contributed by atoms with van der Waals surface area (Å²) in [7, 11) is 1.70. The van der Waals surface area contributed by atoms with E-state index in [1.54, 1.807) is 18.9 Å². The lowest BCUT2D eigenvalue weighted by molar-refractivity contribution is -0.131. The molecular weight excluding hydrogens is 552 g/mol. The number of amides is 1. The summed E-state index contributed by atoms with van der Waals surface area (Å²) in [5.41, 5.74) is 6.40. The van der Waals surface area contributed by atoms with Crippen molar-refractivity contribution in [1.82, 2.24) is 14.5 Å². The monoisotopic (exact) mass is 588 g/mol. The van der Waals surface area contributed by atoms with Gasteiger partial charge in [-0.2, -0.15) is 0 Å². The Balaban J connectivity index is 1.15. The highest BCUT2D eigenvalue weighted by Crippen LogP contribution is 2.38. The summed E-state index contributed by atoms with van der Waals surface area (Å²) in [6, 6.07) is 39.3. The van der Waals surface area contributed by atoms with Gasteiger partial charge in [-0.05, 0) is 30.7 Å². The normalized spacial score (nSPS) is 13.2. The predicted octanol–water partition coefficient (Wildman–Crippen LogP) is 7.44. The van der Waals surface area contributed by atoms with Crippen molar-refractivity contribution in [1.29, 1.82) is 0 Å². The summed E-state index contributed by atoms with van der Waals surface area (Å²) in [6.07, 6.45) is 1.32. The minimum absolute atomic E-state index is 0.224. The van der Waals surface area contributed by atoms with Gasteiger partial charge in [0.1, 0.15) is 5.75 Å². The van der Waals surface area contributed by atoms with Crippen molar-refractivity contribution >= 4 is 23.4 Å². The van der Waals surface area contributed by atoms with Gasteiger partial charge in [-0.1, -0.05) is 103 Å². The molecule has 2 heterocycles. The largest absolute Gasteiger partial charge is 0.495 e. The quantitative estimate of drug-likeness (QED) is 0.125. The number of aromatic nitrogens is 2. The first kappa shape index (κ1) is 28.6. The zero-order valence-corrected chi connectivity index (χ0v) is 25.2. The molecule has 4 aromatic carbocycles. The third kappa shape index (κ3) is 6.47. The van der Waals surface area contributed by atoms with Gasteiger partial charge in [0.2, 0.25) is 5.91 Å². The van der Waals surface area contributed by atoms with Crippen LogP contribution in [0.2, 0.25) is 0 Å². The van der Waals surface area contributed by atoms with Crippen LogP contribution < -0.4 is 9.64 Å². The van der Waals surface area contributed by atoms with Crippen molar-refractivity contribution in [3.05, 3.63) is 115 Å². The number of rotatable bonds is 10. The van der Waals surface area contributed by atoms with Gasteiger partial charge in [0.15, 0.2) is 5.16 Å². The number of piperazine rings is 1. The highest BCUT2D eigenvalue weighted by atomic mass is 32.2. The van der Waals surface area contributed by atoms with Crippen LogP contribution in [0, 0.1) is 0 Å². The topological polar surface area (TPSA) is 50.6 Å². The van der Waals surface area contributed by atoms with Crippen LogP contribution in [0.4, 0.5) is 5.69 Å². The maximum Gasteiger partial charge on any atom is 0.222 e. The Hall–Kier alpha value is -4.49. The molecule has 7 heteroatoms. The molecule has 1 saturated heterocycles. The standard InChI is InChI=1S/C36H36N4O2S/c1-42-32-21-12-11-20-31(32)38-23-25-39(26-24-38)33(41)22-13-27-43-36-37-34(28-14-5-2-6-15-28)35(29-16-7-3-8-17-29)40(36)30-18-9-4-10-19-30/h2-12,14-21H,13,22-27H2,1H3. The second-order valence-corrected chi connectivity index (χ2v) is 11.5. The Bertz CT molecular complexity index is 1630. The summed E-state index contributed by atoms with van der Waals surface area (Å²) >= 11 is 1.72. The molecule has 0 bridgehead atoms. The van der Waals surface area contributed by atoms with E-state index >= 15 is 0 Å². The Morgan fingerprint density at radius 2 is 1.37 bits per heavy atom. The van der Waals surface area contributed by atoms with Crippen LogP contribution in [0.25, 0.3) is 28.2 Å².